The first kappa shape index (κ1) is 12.3. The quantitative estimate of drug-likeness (QED) is 0.794. The van der Waals surface area contributed by atoms with Crippen molar-refractivity contribution in [2.75, 3.05) is 0 Å². The molecule has 0 aliphatic heterocycles. The summed E-state index contributed by atoms with van der Waals surface area (Å²) >= 11 is 1.54. The van der Waals surface area contributed by atoms with Gasteiger partial charge in [-0.25, -0.2) is 4.98 Å². The van der Waals surface area contributed by atoms with Crippen LogP contribution >= 0.6 is 11.3 Å². The van der Waals surface area contributed by atoms with Gasteiger partial charge in [-0.1, -0.05) is 12.1 Å². The van der Waals surface area contributed by atoms with Crippen molar-refractivity contribution in [3.63, 3.8) is 0 Å². The van der Waals surface area contributed by atoms with Gasteiger partial charge in [-0.2, -0.15) is 15.6 Å². The molecule has 2 aromatic heterocycles. The highest BCUT2D eigenvalue weighted by atomic mass is 32.1. The van der Waals surface area contributed by atoms with E-state index in [1.54, 1.807) is 17.5 Å². The molecular weight excluding hydrogens is 274 g/mol. The Morgan fingerprint density at radius 1 is 1.35 bits per heavy atom. The first-order chi connectivity index (χ1) is 9.86. The number of nitrogens with one attached hydrogen (secondary N) is 1. The smallest absolute Gasteiger partial charge is 0.190 e. The maximum atomic E-state index is 8.96. The SMILES string of the molecule is N#Cc1n[nH]nc1-c1cccc(OCc2nccs2)c1. The standard InChI is InChI=1S/C13H9N5OS/c14-7-11-13(17-18-16-11)9-2-1-3-10(6-9)19-8-12-15-4-5-20-12/h1-6H,8H2,(H,16,17,18). The largest absolute Gasteiger partial charge is 0.486 e. The monoisotopic (exact) mass is 283 g/mol. The van der Waals surface area contributed by atoms with Crippen molar-refractivity contribution < 1.29 is 4.74 Å². The Bertz CT molecular complexity index is 744. The minimum Gasteiger partial charge on any atom is -0.486 e. The Morgan fingerprint density at radius 2 is 2.30 bits per heavy atom. The van der Waals surface area contributed by atoms with Crippen molar-refractivity contribution in [1.29, 1.82) is 5.26 Å². The molecule has 20 heavy (non-hydrogen) atoms. The summed E-state index contributed by atoms with van der Waals surface area (Å²) < 4.78 is 5.67. The number of thiazole rings is 1. The summed E-state index contributed by atoms with van der Waals surface area (Å²) in [6.45, 7) is 0.422. The molecule has 7 heteroatoms. The van der Waals surface area contributed by atoms with Gasteiger partial charge in [0.25, 0.3) is 0 Å². The second-order valence-electron chi connectivity index (χ2n) is 3.87. The molecule has 0 saturated carbocycles. The fourth-order valence-electron chi connectivity index (χ4n) is 1.71. The average molecular weight is 283 g/mol. The lowest BCUT2D eigenvalue weighted by molar-refractivity contribution is 0.305. The van der Waals surface area contributed by atoms with Gasteiger partial charge in [-0.3, -0.25) is 0 Å². The van der Waals surface area contributed by atoms with Gasteiger partial charge in [0.15, 0.2) is 5.69 Å². The van der Waals surface area contributed by atoms with Crippen LogP contribution in [0.25, 0.3) is 11.3 Å². The summed E-state index contributed by atoms with van der Waals surface area (Å²) in [7, 11) is 0. The van der Waals surface area contributed by atoms with Crippen LogP contribution in [-0.2, 0) is 6.61 Å². The number of H-pyrrole nitrogens is 1. The minimum absolute atomic E-state index is 0.266. The van der Waals surface area contributed by atoms with Crippen LogP contribution in [0.2, 0.25) is 0 Å². The number of rotatable bonds is 4. The van der Waals surface area contributed by atoms with Crippen molar-refractivity contribution in [3.05, 3.63) is 46.5 Å². The van der Waals surface area contributed by atoms with Crippen LogP contribution in [0.4, 0.5) is 0 Å². The van der Waals surface area contributed by atoms with E-state index in [-0.39, 0.29) is 5.69 Å². The molecular formula is C13H9N5OS. The van der Waals surface area contributed by atoms with Crippen LogP contribution in [0.3, 0.4) is 0 Å². The Kier molecular flexibility index (Phi) is 3.39. The van der Waals surface area contributed by atoms with Gasteiger partial charge >= 0.3 is 0 Å². The molecule has 3 aromatic rings. The molecule has 0 fully saturated rings. The topological polar surface area (TPSA) is 87.5 Å². The lowest BCUT2D eigenvalue weighted by atomic mass is 10.1. The van der Waals surface area contributed by atoms with Gasteiger partial charge in [0.2, 0.25) is 0 Å². The second kappa shape index (κ2) is 5.50. The summed E-state index contributed by atoms with van der Waals surface area (Å²) in [5, 5.41) is 22.0. The predicted octanol–water partition coefficient (Wildman–Crippen LogP) is 2.38. The van der Waals surface area contributed by atoms with E-state index in [1.807, 2.05) is 35.7 Å². The molecule has 0 amide bonds. The molecule has 0 bridgehead atoms. The van der Waals surface area contributed by atoms with Gasteiger partial charge in [0, 0.05) is 17.1 Å². The summed E-state index contributed by atoms with van der Waals surface area (Å²) in [5.41, 5.74) is 1.57. The highest BCUT2D eigenvalue weighted by molar-refractivity contribution is 7.09. The number of nitrogens with zero attached hydrogens (tertiary/aromatic N) is 4. The first-order valence-electron chi connectivity index (χ1n) is 5.79. The first-order valence-corrected chi connectivity index (χ1v) is 6.67. The number of ether oxygens (including phenoxy) is 1. The molecule has 0 radical (unpaired) electrons. The van der Waals surface area contributed by atoms with Crippen LogP contribution in [-0.4, -0.2) is 20.4 Å². The zero-order valence-electron chi connectivity index (χ0n) is 10.3. The van der Waals surface area contributed by atoms with Crippen LogP contribution in [0.15, 0.2) is 35.8 Å². The number of aromatic nitrogens is 4. The van der Waals surface area contributed by atoms with E-state index >= 15 is 0 Å². The van der Waals surface area contributed by atoms with Crippen LogP contribution in [0.5, 0.6) is 5.75 Å². The van der Waals surface area contributed by atoms with E-state index in [1.165, 1.54) is 0 Å². The van der Waals surface area contributed by atoms with E-state index in [9.17, 15) is 0 Å². The third kappa shape index (κ3) is 2.50. The Labute approximate surface area is 118 Å². The summed E-state index contributed by atoms with van der Waals surface area (Å²) in [6.07, 6.45) is 1.74. The molecule has 1 N–H and O–H groups in total. The van der Waals surface area contributed by atoms with Gasteiger partial charge in [-0.15, -0.1) is 16.4 Å². The Morgan fingerprint density at radius 3 is 3.10 bits per heavy atom. The maximum absolute atomic E-state index is 8.96. The van der Waals surface area contributed by atoms with E-state index in [2.05, 4.69) is 20.4 Å². The third-order valence-electron chi connectivity index (χ3n) is 2.61. The fourth-order valence-corrected chi connectivity index (χ4v) is 2.24. The minimum atomic E-state index is 0.266. The molecule has 1 aromatic carbocycles. The third-order valence-corrected chi connectivity index (χ3v) is 3.36. The van der Waals surface area contributed by atoms with Gasteiger partial charge in [-0.05, 0) is 12.1 Å². The predicted molar refractivity (Wildman–Crippen MR) is 73.0 cm³/mol. The Hall–Kier alpha value is -2.72. The van der Waals surface area contributed by atoms with Crippen molar-refractivity contribution in [1.82, 2.24) is 20.4 Å². The molecule has 0 spiro atoms. The molecule has 0 saturated heterocycles. The van der Waals surface area contributed by atoms with E-state index in [0.29, 0.717) is 18.1 Å². The van der Waals surface area contributed by atoms with Crippen LogP contribution in [0, 0.1) is 11.3 Å². The maximum Gasteiger partial charge on any atom is 0.190 e. The molecule has 3 rings (SSSR count). The van der Waals surface area contributed by atoms with Crippen molar-refractivity contribution in [3.8, 4) is 23.1 Å². The van der Waals surface area contributed by atoms with E-state index < -0.39 is 0 Å². The van der Waals surface area contributed by atoms with Crippen molar-refractivity contribution in [2.24, 2.45) is 0 Å². The lowest BCUT2D eigenvalue weighted by Crippen LogP contribution is -1.94. The van der Waals surface area contributed by atoms with E-state index in [4.69, 9.17) is 10.00 Å². The number of aromatic amines is 1. The highest BCUT2D eigenvalue weighted by Crippen LogP contribution is 2.24. The highest BCUT2D eigenvalue weighted by Gasteiger charge is 2.10. The van der Waals surface area contributed by atoms with Gasteiger partial charge in [0.1, 0.15) is 29.1 Å². The summed E-state index contributed by atoms with van der Waals surface area (Å²) in [4.78, 5) is 4.15. The average Bonchev–Trinajstić information content (AvgIpc) is 3.16. The van der Waals surface area contributed by atoms with Crippen LogP contribution in [0.1, 0.15) is 10.7 Å². The number of hydrogen-bond acceptors (Lipinski definition) is 6. The number of hydrogen-bond donors (Lipinski definition) is 1. The molecule has 0 aliphatic carbocycles. The number of nitriles is 1. The molecule has 6 nitrogen and oxygen atoms in total. The molecule has 98 valence electrons. The number of benzene rings is 1. The molecule has 0 unspecified atom stereocenters. The fraction of sp³-hybridized carbons (Fsp3) is 0.0769. The normalized spacial score (nSPS) is 10.2. The summed E-state index contributed by atoms with van der Waals surface area (Å²) in [6, 6.07) is 9.38. The lowest BCUT2D eigenvalue weighted by Gasteiger charge is -2.05. The Balaban J connectivity index is 1.81. The van der Waals surface area contributed by atoms with Crippen molar-refractivity contribution in [2.45, 2.75) is 6.61 Å². The second-order valence-corrected chi connectivity index (χ2v) is 4.85. The summed E-state index contributed by atoms with van der Waals surface area (Å²) in [5.74, 6) is 0.699. The molecule has 0 atom stereocenters. The van der Waals surface area contributed by atoms with Crippen molar-refractivity contribution >= 4 is 11.3 Å². The molecule has 0 aliphatic rings. The van der Waals surface area contributed by atoms with E-state index in [0.717, 1.165) is 10.6 Å². The zero-order chi connectivity index (χ0) is 13.8. The van der Waals surface area contributed by atoms with Crippen LogP contribution < -0.4 is 4.74 Å². The van der Waals surface area contributed by atoms with Gasteiger partial charge < -0.3 is 4.74 Å². The molecule has 2 heterocycles. The van der Waals surface area contributed by atoms with Gasteiger partial charge in [0.05, 0.1) is 0 Å². The zero-order valence-corrected chi connectivity index (χ0v) is 11.1.